The zero-order valence-electron chi connectivity index (χ0n) is 12.3. The smallest absolute Gasteiger partial charge is 0.0130 e. The zero-order valence-corrected chi connectivity index (χ0v) is 13.2. The van der Waals surface area contributed by atoms with Crippen molar-refractivity contribution in [3.05, 3.63) is 80.6 Å². The molecule has 0 saturated heterocycles. The van der Waals surface area contributed by atoms with Gasteiger partial charge in [-0.25, -0.2) is 0 Å². The van der Waals surface area contributed by atoms with Gasteiger partial charge in [0.2, 0.25) is 0 Å². The highest BCUT2D eigenvalue weighted by molar-refractivity contribution is 8.07. The number of allylic oxidation sites excluding steroid dienone is 2. The monoisotopic (exact) mass is 290 g/mol. The second-order valence-corrected chi connectivity index (χ2v) is 7.04. The maximum absolute atomic E-state index is 2.36. The van der Waals surface area contributed by atoms with Crippen molar-refractivity contribution in [2.75, 3.05) is 0 Å². The highest BCUT2D eigenvalue weighted by Gasteiger charge is 2.26. The summed E-state index contributed by atoms with van der Waals surface area (Å²) in [5.74, 6) is 1.03. The van der Waals surface area contributed by atoms with Crippen molar-refractivity contribution < 1.29 is 0 Å². The quantitative estimate of drug-likeness (QED) is 0.650. The van der Waals surface area contributed by atoms with Gasteiger partial charge in [-0.05, 0) is 44.2 Å². The van der Waals surface area contributed by atoms with Crippen LogP contribution in [0.1, 0.15) is 47.9 Å². The first-order valence-electron chi connectivity index (χ1n) is 7.53. The summed E-state index contributed by atoms with van der Waals surface area (Å²) in [7, 11) is 0. The first kappa shape index (κ1) is 13.0. The molecule has 104 valence electrons. The van der Waals surface area contributed by atoms with Crippen LogP contribution in [-0.2, 0) is 0 Å². The van der Waals surface area contributed by atoms with Crippen LogP contribution in [-0.4, -0.2) is 0 Å². The third-order valence-corrected chi connectivity index (χ3v) is 6.02. The summed E-state index contributed by atoms with van der Waals surface area (Å²) < 4.78 is 0. The van der Waals surface area contributed by atoms with Crippen LogP contribution in [0.4, 0.5) is 0 Å². The second kappa shape index (κ2) is 4.92. The van der Waals surface area contributed by atoms with Crippen LogP contribution >= 0.6 is 11.8 Å². The van der Waals surface area contributed by atoms with Crippen LogP contribution in [0.25, 0.3) is 12.2 Å². The Morgan fingerprint density at radius 3 is 1.52 bits per heavy atom. The maximum Gasteiger partial charge on any atom is 0.0130 e. The molecule has 2 aliphatic carbocycles. The fourth-order valence-electron chi connectivity index (χ4n) is 3.31. The van der Waals surface area contributed by atoms with E-state index >= 15 is 0 Å². The minimum absolute atomic E-state index is 0.517. The molecule has 0 radical (unpaired) electrons. The van der Waals surface area contributed by atoms with Gasteiger partial charge in [-0.1, -0.05) is 74.1 Å². The van der Waals surface area contributed by atoms with E-state index < -0.39 is 0 Å². The summed E-state index contributed by atoms with van der Waals surface area (Å²) in [6.07, 6.45) is 4.72. The Balaban J connectivity index is 1.62. The average molecular weight is 290 g/mol. The Kier molecular flexibility index (Phi) is 3.04. The number of hydrogen-bond donors (Lipinski definition) is 0. The van der Waals surface area contributed by atoms with Crippen LogP contribution in [0, 0.1) is 0 Å². The van der Waals surface area contributed by atoms with E-state index in [1.165, 1.54) is 32.1 Å². The van der Waals surface area contributed by atoms with E-state index in [1.54, 1.807) is 0 Å². The summed E-state index contributed by atoms with van der Waals surface area (Å²) in [4.78, 5) is 2.95. The third kappa shape index (κ3) is 2.08. The molecule has 2 aliphatic rings. The Bertz CT molecular complexity index is 701. The number of hydrogen-bond acceptors (Lipinski definition) is 1. The lowest BCUT2D eigenvalue weighted by Crippen LogP contribution is -1.94. The molecule has 0 N–H and O–H groups in total. The summed E-state index contributed by atoms with van der Waals surface area (Å²) in [5, 5.41) is 0. The molecular weight excluding hydrogens is 272 g/mol. The SMILES string of the molecule is CC1C(SC2=Cc3ccccc3C2C)=Cc2ccccc21. The van der Waals surface area contributed by atoms with Gasteiger partial charge < -0.3 is 0 Å². The number of benzene rings is 2. The summed E-state index contributed by atoms with van der Waals surface area (Å²) in [5.41, 5.74) is 5.69. The van der Waals surface area contributed by atoms with Crippen LogP contribution in [0.3, 0.4) is 0 Å². The molecular formula is C20H18S. The molecule has 0 saturated carbocycles. The molecule has 2 aromatic carbocycles. The predicted molar refractivity (Wildman–Crippen MR) is 93.3 cm³/mol. The molecule has 2 unspecified atom stereocenters. The van der Waals surface area contributed by atoms with Crippen molar-refractivity contribution in [2.24, 2.45) is 0 Å². The van der Waals surface area contributed by atoms with Gasteiger partial charge in [0, 0.05) is 11.8 Å². The summed E-state index contributed by atoms with van der Waals surface area (Å²) in [6, 6.07) is 17.5. The van der Waals surface area contributed by atoms with Gasteiger partial charge in [-0.3, -0.25) is 0 Å². The number of rotatable bonds is 2. The summed E-state index contributed by atoms with van der Waals surface area (Å²) >= 11 is 1.97. The van der Waals surface area contributed by atoms with Crippen molar-refractivity contribution in [3.63, 3.8) is 0 Å². The van der Waals surface area contributed by atoms with Gasteiger partial charge in [0.05, 0.1) is 0 Å². The van der Waals surface area contributed by atoms with Gasteiger partial charge >= 0.3 is 0 Å². The molecule has 2 atom stereocenters. The highest BCUT2D eigenvalue weighted by Crippen LogP contribution is 2.50. The summed E-state index contributed by atoms with van der Waals surface area (Å²) in [6.45, 7) is 4.63. The van der Waals surface area contributed by atoms with Gasteiger partial charge in [0.15, 0.2) is 0 Å². The van der Waals surface area contributed by atoms with Crippen LogP contribution < -0.4 is 0 Å². The molecule has 0 heterocycles. The molecule has 21 heavy (non-hydrogen) atoms. The van der Waals surface area contributed by atoms with E-state index in [0.29, 0.717) is 11.8 Å². The van der Waals surface area contributed by atoms with E-state index in [9.17, 15) is 0 Å². The number of thioether (sulfide) groups is 1. The van der Waals surface area contributed by atoms with E-state index in [4.69, 9.17) is 0 Å². The molecule has 0 spiro atoms. The van der Waals surface area contributed by atoms with Crippen molar-refractivity contribution in [3.8, 4) is 0 Å². The minimum Gasteiger partial charge on any atom is -0.0977 e. The highest BCUT2D eigenvalue weighted by atomic mass is 32.2. The molecule has 0 nitrogen and oxygen atoms in total. The lowest BCUT2D eigenvalue weighted by molar-refractivity contribution is 0.962. The van der Waals surface area contributed by atoms with Gasteiger partial charge in [-0.15, -0.1) is 0 Å². The van der Waals surface area contributed by atoms with E-state index in [-0.39, 0.29) is 0 Å². The van der Waals surface area contributed by atoms with E-state index in [2.05, 4.69) is 74.5 Å². The van der Waals surface area contributed by atoms with Gasteiger partial charge in [0.25, 0.3) is 0 Å². The second-order valence-electron chi connectivity index (χ2n) is 5.90. The molecule has 0 amide bonds. The molecule has 4 rings (SSSR count). The molecule has 2 aromatic rings. The fraction of sp³-hybridized carbons (Fsp3) is 0.200. The first-order chi connectivity index (χ1) is 10.2. The topological polar surface area (TPSA) is 0 Å². The first-order valence-corrected chi connectivity index (χ1v) is 8.34. The molecule has 0 aliphatic heterocycles. The van der Waals surface area contributed by atoms with Crippen molar-refractivity contribution in [1.29, 1.82) is 0 Å². The predicted octanol–water partition coefficient (Wildman–Crippen LogP) is 6.04. The van der Waals surface area contributed by atoms with Crippen LogP contribution in [0.5, 0.6) is 0 Å². The molecule has 0 bridgehead atoms. The Hall–Kier alpha value is -1.73. The normalized spacial score (nSPS) is 22.6. The lowest BCUT2D eigenvalue weighted by Gasteiger charge is -2.15. The molecule has 0 aromatic heterocycles. The Labute approximate surface area is 130 Å². The van der Waals surface area contributed by atoms with Crippen LogP contribution in [0.2, 0.25) is 0 Å². The largest absolute Gasteiger partial charge is 0.0977 e. The number of fused-ring (bicyclic) bond motifs is 2. The zero-order chi connectivity index (χ0) is 14.4. The standard InChI is InChI=1S/C20H18S/c1-13-17-9-5-3-7-15(17)11-19(13)21-20-12-16-8-4-6-10-18(16)14(20)2/h3-14H,1-2H3. The van der Waals surface area contributed by atoms with E-state index in [0.717, 1.165) is 0 Å². The third-order valence-electron chi connectivity index (χ3n) is 4.61. The lowest BCUT2D eigenvalue weighted by atomic mass is 10.0. The molecule has 1 heteroatoms. The Morgan fingerprint density at radius 2 is 1.10 bits per heavy atom. The Morgan fingerprint density at radius 1 is 0.667 bits per heavy atom. The molecule has 0 fully saturated rings. The van der Waals surface area contributed by atoms with Gasteiger partial charge in [0.1, 0.15) is 0 Å². The van der Waals surface area contributed by atoms with Crippen molar-refractivity contribution >= 4 is 23.9 Å². The fourth-order valence-corrected chi connectivity index (χ4v) is 4.56. The van der Waals surface area contributed by atoms with E-state index in [1.807, 2.05) is 11.8 Å². The van der Waals surface area contributed by atoms with Crippen molar-refractivity contribution in [2.45, 2.75) is 25.7 Å². The van der Waals surface area contributed by atoms with Gasteiger partial charge in [-0.2, -0.15) is 0 Å². The minimum atomic E-state index is 0.517. The average Bonchev–Trinajstić information content (AvgIpc) is 2.99. The maximum atomic E-state index is 2.36. The van der Waals surface area contributed by atoms with Crippen LogP contribution in [0.15, 0.2) is 58.3 Å². The van der Waals surface area contributed by atoms with Crippen molar-refractivity contribution in [1.82, 2.24) is 0 Å².